The van der Waals surface area contributed by atoms with Crippen LogP contribution >= 0.6 is 0 Å². The number of carbonyl (C=O) groups excluding carboxylic acids is 1. The Hall–Kier alpha value is -2.33. The highest BCUT2D eigenvalue weighted by Gasteiger charge is 2.36. The third-order valence-electron chi connectivity index (χ3n) is 5.22. The molecule has 0 spiro atoms. The van der Waals surface area contributed by atoms with Gasteiger partial charge in [-0.3, -0.25) is 9.69 Å². The molecule has 2 aromatic carbocycles. The smallest absolute Gasteiger partial charge is 0.187 e. The second kappa shape index (κ2) is 6.89. The van der Waals surface area contributed by atoms with Gasteiger partial charge in [0.15, 0.2) is 23.5 Å². The van der Waals surface area contributed by atoms with Crippen molar-refractivity contribution < 1.29 is 14.3 Å². The zero-order valence-electron chi connectivity index (χ0n) is 14.4. The third kappa shape index (κ3) is 3.27. The SMILES string of the molecule is CC1CC(C(=O)c2ccccc2)CCN1C1COc2ccccc2O1. The average Bonchev–Trinajstić information content (AvgIpc) is 2.67. The largest absolute Gasteiger partial charge is 0.484 e. The predicted molar refractivity (Wildman–Crippen MR) is 96.0 cm³/mol. The summed E-state index contributed by atoms with van der Waals surface area (Å²) in [6, 6.07) is 17.7. The number of ketones is 1. The number of Topliss-reactive ketones (excluding diaryl/α,β-unsaturated/α-hetero) is 1. The molecule has 0 radical (unpaired) electrons. The second-order valence-corrected chi connectivity index (χ2v) is 6.87. The summed E-state index contributed by atoms with van der Waals surface area (Å²) in [6.45, 7) is 3.55. The molecule has 0 bridgehead atoms. The van der Waals surface area contributed by atoms with Gasteiger partial charge in [0.2, 0.25) is 0 Å². The zero-order valence-corrected chi connectivity index (χ0v) is 14.4. The lowest BCUT2D eigenvalue weighted by atomic mass is 9.85. The molecule has 3 unspecified atom stereocenters. The summed E-state index contributed by atoms with van der Waals surface area (Å²) in [5.41, 5.74) is 0.819. The number of ether oxygens (including phenoxy) is 2. The van der Waals surface area contributed by atoms with E-state index in [1.807, 2.05) is 54.6 Å². The molecule has 0 aliphatic carbocycles. The maximum atomic E-state index is 12.7. The number of nitrogens with zero attached hydrogens (tertiary/aromatic N) is 1. The Kier molecular flexibility index (Phi) is 4.45. The van der Waals surface area contributed by atoms with Crippen molar-refractivity contribution in [2.45, 2.75) is 32.0 Å². The van der Waals surface area contributed by atoms with Crippen molar-refractivity contribution in [1.29, 1.82) is 0 Å². The quantitative estimate of drug-likeness (QED) is 0.799. The maximum Gasteiger partial charge on any atom is 0.187 e. The van der Waals surface area contributed by atoms with Crippen LogP contribution in [0.5, 0.6) is 11.5 Å². The van der Waals surface area contributed by atoms with E-state index in [2.05, 4.69) is 11.8 Å². The minimum atomic E-state index is -0.0855. The summed E-state index contributed by atoms with van der Waals surface area (Å²) >= 11 is 0. The number of carbonyl (C=O) groups is 1. The summed E-state index contributed by atoms with van der Waals surface area (Å²) in [4.78, 5) is 15.0. The Balaban J connectivity index is 1.42. The lowest BCUT2D eigenvalue weighted by Crippen LogP contribution is -2.53. The zero-order chi connectivity index (χ0) is 17.2. The number of piperidine rings is 1. The average molecular weight is 337 g/mol. The third-order valence-corrected chi connectivity index (χ3v) is 5.22. The van der Waals surface area contributed by atoms with Crippen LogP contribution in [0.3, 0.4) is 0 Å². The van der Waals surface area contributed by atoms with Crippen molar-refractivity contribution >= 4 is 5.78 Å². The monoisotopic (exact) mass is 337 g/mol. The fourth-order valence-electron chi connectivity index (χ4n) is 3.87. The normalized spacial score (nSPS) is 26.2. The Morgan fingerprint density at radius 2 is 1.76 bits per heavy atom. The number of likely N-dealkylation sites (tertiary alicyclic amines) is 1. The topological polar surface area (TPSA) is 38.8 Å². The first-order chi connectivity index (χ1) is 12.2. The van der Waals surface area contributed by atoms with E-state index in [0.717, 1.165) is 36.4 Å². The van der Waals surface area contributed by atoms with Crippen LogP contribution in [0.4, 0.5) is 0 Å². The summed E-state index contributed by atoms with van der Waals surface area (Å²) in [5, 5.41) is 0. The van der Waals surface area contributed by atoms with Gasteiger partial charge in [-0.2, -0.15) is 0 Å². The van der Waals surface area contributed by atoms with Crippen LogP contribution in [0, 0.1) is 5.92 Å². The summed E-state index contributed by atoms with van der Waals surface area (Å²) in [7, 11) is 0. The van der Waals surface area contributed by atoms with Gasteiger partial charge in [0, 0.05) is 24.1 Å². The molecule has 4 nitrogen and oxygen atoms in total. The standard InChI is InChI=1S/C21H23NO3/c1-15-13-17(21(23)16-7-3-2-4-8-16)11-12-22(15)20-14-24-18-9-5-6-10-19(18)25-20/h2-10,15,17,20H,11-14H2,1H3. The van der Waals surface area contributed by atoms with Gasteiger partial charge in [-0.15, -0.1) is 0 Å². The van der Waals surface area contributed by atoms with Gasteiger partial charge in [0.05, 0.1) is 0 Å². The molecule has 2 aliphatic heterocycles. The molecule has 3 atom stereocenters. The van der Waals surface area contributed by atoms with Crippen LogP contribution in [0.15, 0.2) is 54.6 Å². The Bertz CT molecular complexity index is 746. The van der Waals surface area contributed by atoms with Crippen LogP contribution in [0.25, 0.3) is 0 Å². The van der Waals surface area contributed by atoms with Gasteiger partial charge in [0.25, 0.3) is 0 Å². The molecule has 2 heterocycles. The van der Waals surface area contributed by atoms with E-state index in [4.69, 9.17) is 9.47 Å². The van der Waals surface area contributed by atoms with Crippen molar-refractivity contribution in [2.75, 3.05) is 13.2 Å². The van der Waals surface area contributed by atoms with Crippen molar-refractivity contribution in [1.82, 2.24) is 4.90 Å². The van der Waals surface area contributed by atoms with Gasteiger partial charge in [0.1, 0.15) is 6.61 Å². The molecule has 1 fully saturated rings. The second-order valence-electron chi connectivity index (χ2n) is 6.87. The molecule has 0 saturated carbocycles. The molecule has 0 amide bonds. The summed E-state index contributed by atoms with van der Waals surface area (Å²) < 4.78 is 12.0. The molecule has 0 N–H and O–H groups in total. The fourth-order valence-corrected chi connectivity index (χ4v) is 3.87. The molecular formula is C21H23NO3. The van der Waals surface area contributed by atoms with E-state index < -0.39 is 0 Å². The number of hydrogen-bond donors (Lipinski definition) is 0. The summed E-state index contributed by atoms with van der Waals surface area (Å²) in [6.07, 6.45) is 1.63. The van der Waals surface area contributed by atoms with Crippen LogP contribution in [0.2, 0.25) is 0 Å². The van der Waals surface area contributed by atoms with Gasteiger partial charge in [-0.25, -0.2) is 0 Å². The van der Waals surface area contributed by atoms with E-state index in [-0.39, 0.29) is 24.0 Å². The van der Waals surface area contributed by atoms with Crippen molar-refractivity contribution in [3.8, 4) is 11.5 Å². The molecule has 1 saturated heterocycles. The predicted octanol–water partition coefficient (Wildman–Crippen LogP) is 3.77. The first kappa shape index (κ1) is 16.2. The fraction of sp³-hybridized carbons (Fsp3) is 0.381. The Labute approximate surface area is 148 Å². The number of fused-ring (bicyclic) bond motifs is 1. The van der Waals surface area contributed by atoms with Crippen LogP contribution in [-0.4, -0.2) is 36.1 Å². The van der Waals surface area contributed by atoms with Crippen molar-refractivity contribution in [3.63, 3.8) is 0 Å². The van der Waals surface area contributed by atoms with E-state index in [1.54, 1.807) is 0 Å². The molecule has 2 aliphatic rings. The maximum absolute atomic E-state index is 12.7. The first-order valence-corrected chi connectivity index (χ1v) is 8.96. The lowest BCUT2D eigenvalue weighted by molar-refractivity contribution is -0.0645. The van der Waals surface area contributed by atoms with Crippen molar-refractivity contribution in [3.05, 3.63) is 60.2 Å². The minimum Gasteiger partial charge on any atom is -0.484 e. The number of benzene rings is 2. The van der Waals surface area contributed by atoms with Gasteiger partial charge < -0.3 is 9.47 Å². The first-order valence-electron chi connectivity index (χ1n) is 8.96. The van der Waals surface area contributed by atoms with E-state index in [9.17, 15) is 4.79 Å². The number of para-hydroxylation sites is 2. The Morgan fingerprint density at radius 3 is 2.52 bits per heavy atom. The van der Waals surface area contributed by atoms with Crippen molar-refractivity contribution in [2.24, 2.45) is 5.92 Å². The van der Waals surface area contributed by atoms with Gasteiger partial charge in [-0.1, -0.05) is 42.5 Å². The number of rotatable bonds is 3. The molecule has 0 aromatic heterocycles. The molecule has 25 heavy (non-hydrogen) atoms. The van der Waals surface area contributed by atoms with Crippen LogP contribution < -0.4 is 9.47 Å². The van der Waals surface area contributed by atoms with E-state index in [0.29, 0.717) is 6.61 Å². The van der Waals surface area contributed by atoms with E-state index in [1.165, 1.54) is 0 Å². The van der Waals surface area contributed by atoms with E-state index >= 15 is 0 Å². The highest BCUT2D eigenvalue weighted by Crippen LogP contribution is 2.34. The molecule has 2 aromatic rings. The molecule has 4 rings (SSSR count). The van der Waals surface area contributed by atoms with Gasteiger partial charge in [-0.05, 0) is 31.9 Å². The van der Waals surface area contributed by atoms with Crippen LogP contribution in [-0.2, 0) is 0 Å². The summed E-state index contributed by atoms with van der Waals surface area (Å²) in [5.74, 6) is 1.96. The number of hydrogen-bond acceptors (Lipinski definition) is 4. The highest BCUT2D eigenvalue weighted by molar-refractivity contribution is 5.97. The lowest BCUT2D eigenvalue weighted by Gasteiger charge is -2.42. The molecule has 4 heteroatoms. The molecule has 130 valence electrons. The van der Waals surface area contributed by atoms with Crippen LogP contribution in [0.1, 0.15) is 30.1 Å². The molecular weight excluding hydrogens is 314 g/mol. The highest BCUT2D eigenvalue weighted by atomic mass is 16.6. The Morgan fingerprint density at radius 1 is 1.04 bits per heavy atom. The minimum absolute atomic E-state index is 0.0855. The van der Waals surface area contributed by atoms with Gasteiger partial charge >= 0.3 is 0 Å².